The molecule has 0 bridgehead atoms. The Kier molecular flexibility index (Phi) is 4.10. The summed E-state index contributed by atoms with van der Waals surface area (Å²) in [6.45, 7) is 5.42. The maximum atomic E-state index is 10.1. The summed E-state index contributed by atoms with van der Waals surface area (Å²) in [7, 11) is 1.64. The number of oxazole rings is 1. The van der Waals surface area contributed by atoms with Crippen molar-refractivity contribution >= 4 is 11.1 Å². The molecular formula is C17H24N2O3. The predicted molar refractivity (Wildman–Crippen MR) is 85.2 cm³/mol. The van der Waals surface area contributed by atoms with Crippen molar-refractivity contribution in [3.63, 3.8) is 0 Å². The van der Waals surface area contributed by atoms with Crippen LogP contribution in [-0.4, -0.2) is 29.3 Å². The van der Waals surface area contributed by atoms with Crippen LogP contribution in [0.15, 0.2) is 16.5 Å². The van der Waals surface area contributed by atoms with E-state index in [0.29, 0.717) is 24.4 Å². The molecule has 1 aromatic carbocycles. The third kappa shape index (κ3) is 2.96. The lowest BCUT2D eigenvalue weighted by molar-refractivity contribution is -0.0314. The zero-order chi connectivity index (χ0) is 15.7. The topological polar surface area (TPSA) is 67.5 Å². The van der Waals surface area contributed by atoms with Gasteiger partial charge < -0.3 is 19.6 Å². The number of nitrogens with one attached hydrogen (secondary N) is 1. The fraction of sp³-hybridized carbons (Fsp3) is 0.588. The molecule has 0 saturated heterocycles. The quantitative estimate of drug-likeness (QED) is 0.859. The minimum Gasteiger partial charge on any atom is -0.493 e. The molecule has 0 amide bonds. The van der Waals surface area contributed by atoms with Gasteiger partial charge in [0, 0.05) is 19.0 Å². The van der Waals surface area contributed by atoms with Gasteiger partial charge in [-0.05, 0) is 37.0 Å². The molecule has 2 N–H and O–H groups in total. The maximum absolute atomic E-state index is 10.1. The highest BCUT2D eigenvalue weighted by Crippen LogP contribution is 2.32. The van der Waals surface area contributed by atoms with Gasteiger partial charge in [0.15, 0.2) is 17.2 Å². The fourth-order valence-electron chi connectivity index (χ4n) is 2.78. The lowest BCUT2D eigenvalue weighted by Gasteiger charge is -2.36. The molecule has 1 saturated carbocycles. The number of benzene rings is 1. The molecule has 3 rings (SSSR count). The van der Waals surface area contributed by atoms with Crippen molar-refractivity contribution < 1.29 is 14.3 Å². The first-order chi connectivity index (χ1) is 10.5. The molecule has 1 fully saturated rings. The molecule has 0 aliphatic heterocycles. The lowest BCUT2D eigenvalue weighted by atomic mass is 9.80. The minimum absolute atomic E-state index is 0.242. The van der Waals surface area contributed by atoms with Crippen LogP contribution >= 0.6 is 0 Å². The molecule has 0 spiro atoms. The first-order valence-corrected chi connectivity index (χ1v) is 7.91. The average Bonchev–Trinajstić information content (AvgIpc) is 2.88. The SMILES string of the molecule is COc1cc(CNCC2(O)CCC2)cc2nc(C(C)C)oc12. The zero-order valence-electron chi connectivity index (χ0n) is 13.5. The Morgan fingerprint density at radius 1 is 1.41 bits per heavy atom. The van der Waals surface area contributed by atoms with Gasteiger partial charge in [-0.3, -0.25) is 0 Å². The van der Waals surface area contributed by atoms with Crippen molar-refractivity contribution in [2.45, 2.75) is 51.2 Å². The van der Waals surface area contributed by atoms with Crippen LogP contribution in [0.25, 0.3) is 11.1 Å². The highest BCUT2D eigenvalue weighted by atomic mass is 16.5. The number of fused-ring (bicyclic) bond motifs is 1. The molecule has 0 atom stereocenters. The summed E-state index contributed by atoms with van der Waals surface area (Å²) >= 11 is 0. The smallest absolute Gasteiger partial charge is 0.198 e. The Bertz CT molecular complexity index is 659. The molecule has 0 radical (unpaired) electrons. The van der Waals surface area contributed by atoms with Crippen LogP contribution in [0.4, 0.5) is 0 Å². The van der Waals surface area contributed by atoms with Crippen molar-refractivity contribution in [2.24, 2.45) is 0 Å². The van der Waals surface area contributed by atoms with E-state index in [0.717, 1.165) is 36.2 Å². The molecule has 1 heterocycles. The van der Waals surface area contributed by atoms with Crippen molar-refractivity contribution in [3.8, 4) is 5.75 Å². The number of ether oxygens (including phenoxy) is 1. The maximum Gasteiger partial charge on any atom is 0.198 e. The lowest BCUT2D eigenvalue weighted by Crippen LogP contribution is -2.45. The van der Waals surface area contributed by atoms with Crippen LogP contribution in [-0.2, 0) is 6.54 Å². The number of hydrogen-bond donors (Lipinski definition) is 2. The van der Waals surface area contributed by atoms with Gasteiger partial charge in [0.1, 0.15) is 5.52 Å². The molecule has 0 unspecified atom stereocenters. The third-order valence-corrected chi connectivity index (χ3v) is 4.31. The molecule has 5 heteroatoms. The number of methoxy groups -OCH3 is 1. The molecule has 1 aliphatic rings. The molecule has 1 aromatic heterocycles. The van der Waals surface area contributed by atoms with Gasteiger partial charge in [0.2, 0.25) is 0 Å². The number of aliphatic hydroxyl groups is 1. The van der Waals surface area contributed by atoms with Gasteiger partial charge >= 0.3 is 0 Å². The van der Waals surface area contributed by atoms with Crippen LogP contribution in [0, 0.1) is 0 Å². The van der Waals surface area contributed by atoms with Crippen LogP contribution in [0.3, 0.4) is 0 Å². The van der Waals surface area contributed by atoms with E-state index in [1.54, 1.807) is 7.11 Å². The van der Waals surface area contributed by atoms with Gasteiger partial charge in [0.05, 0.1) is 12.7 Å². The summed E-state index contributed by atoms with van der Waals surface area (Å²) < 4.78 is 11.2. The fourth-order valence-corrected chi connectivity index (χ4v) is 2.78. The van der Waals surface area contributed by atoms with E-state index in [1.165, 1.54) is 0 Å². The van der Waals surface area contributed by atoms with Crippen LogP contribution < -0.4 is 10.1 Å². The monoisotopic (exact) mass is 304 g/mol. The number of rotatable bonds is 6. The van der Waals surface area contributed by atoms with E-state index >= 15 is 0 Å². The van der Waals surface area contributed by atoms with Crippen LogP contribution in [0.2, 0.25) is 0 Å². The second-order valence-corrected chi connectivity index (χ2v) is 6.53. The number of nitrogens with zero attached hydrogens (tertiary/aromatic N) is 1. The van der Waals surface area contributed by atoms with E-state index in [9.17, 15) is 5.11 Å². The van der Waals surface area contributed by atoms with Crippen molar-refractivity contribution in [2.75, 3.05) is 13.7 Å². The Hall–Kier alpha value is -1.59. The Morgan fingerprint density at radius 2 is 2.18 bits per heavy atom. The highest BCUT2D eigenvalue weighted by Gasteiger charge is 2.33. The van der Waals surface area contributed by atoms with Crippen LogP contribution in [0.5, 0.6) is 5.75 Å². The standard InChI is InChI=1S/C17H24N2O3/c1-11(2)16-19-13-7-12(8-14(21-3)15(13)22-16)9-18-10-17(20)5-4-6-17/h7-8,11,18,20H,4-6,9-10H2,1-3H3. The zero-order valence-corrected chi connectivity index (χ0v) is 13.5. The van der Waals surface area contributed by atoms with Crippen LogP contribution in [0.1, 0.15) is 50.5 Å². The number of aromatic nitrogens is 1. The summed E-state index contributed by atoms with van der Waals surface area (Å²) in [5, 5.41) is 13.4. The van der Waals surface area contributed by atoms with E-state index in [1.807, 2.05) is 12.1 Å². The Balaban J connectivity index is 1.77. The van der Waals surface area contributed by atoms with Gasteiger partial charge in [-0.2, -0.15) is 0 Å². The van der Waals surface area contributed by atoms with Gasteiger partial charge in [-0.1, -0.05) is 13.8 Å². The van der Waals surface area contributed by atoms with Gasteiger partial charge in [-0.25, -0.2) is 4.98 Å². The first-order valence-electron chi connectivity index (χ1n) is 7.91. The summed E-state index contributed by atoms with van der Waals surface area (Å²) in [5.74, 6) is 1.67. The predicted octanol–water partition coefficient (Wildman–Crippen LogP) is 2.96. The Labute approximate surface area is 130 Å². The molecular weight excluding hydrogens is 280 g/mol. The third-order valence-electron chi connectivity index (χ3n) is 4.31. The second kappa shape index (κ2) is 5.89. The average molecular weight is 304 g/mol. The Morgan fingerprint density at radius 3 is 2.77 bits per heavy atom. The van der Waals surface area contributed by atoms with Crippen molar-refractivity contribution in [3.05, 3.63) is 23.6 Å². The minimum atomic E-state index is -0.507. The van der Waals surface area contributed by atoms with Crippen molar-refractivity contribution in [1.29, 1.82) is 0 Å². The highest BCUT2D eigenvalue weighted by molar-refractivity contribution is 5.80. The summed E-state index contributed by atoms with van der Waals surface area (Å²) in [6, 6.07) is 3.99. The van der Waals surface area contributed by atoms with Crippen molar-refractivity contribution in [1.82, 2.24) is 10.3 Å². The summed E-state index contributed by atoms with van der Waals surface area (Å²) in [5.41, 5.74) is 2.10. The second-order valence-electron chi connectivity index (χ2n) is 6.53. The normalized spacial score (nSPS) is 17.0. The molecule has 22 heavy (non-hydrogen) atoms. The largest absolute Gasteiger partial charge is 0.493 e. The van der Waals surface area contributed by atoms with E-state index in [4.69, 9.17) is 9.15 Å². The van der Waals surface area contributed by atoms with E-state index in [-0.39, 0.29) is 5.92 Å². The molecule has 1 aliphatic carbocycles. The summed E-state index contributed by atoms with van der Waals surface area (Å²) in [6.07, 6.45) is 2.90. The first kappa shape index (κ1) is 15.3. The molecule has 2 aromatic rings. The molecule has 120 valence electrons. The molecule has 5 nitrogen and oxygen atoms in total. The summed E-state index contributed by atoms with van der Waals surface area (Å²) in [4.78, 5) is 4.54. The van der Waals surface area contributed by atoms with Gasteiger partial charge in [0.25, 0.3) is 0 Å². The van der Waals surface area contributed by atoms with E-state index < -0.39 is 5.60 Å². The number of hydrogen-bond acceptors (Lipinski definition) is 5. The van der Waals surface area contributed by atoms with E-state index in [2.05, 4.69) is 24.1 Å². The van der Waals surface area contributed by atoms with Gasteiger partial charge in [-0.15, -0.1) is 0 Å².